The molecule has 4 rings (SSSR count). The Morgan fingerprint density at radius 1 is 0.833 bits per heavy atom. The number of carboxylic acid groups (broad SMARTS) is 2. The number of fused-ring (bicyclic) bond motifs is 1. The van der Waals surface area contributed by atoms with E-state index in [1.54, 1.807) is 12.1 Å². The van der Waals surface area contributed by atoms with E-state index < -0.39 is 59.8 Å². The number of nitrogens with zero attached hydrogens (tertiary/aromatic N) is 3. The number of halogens is 1. The number of carbonyl (C=O) groups is 6. The van der Waals surface area contributed by atoms with Gasteiger partial charge in [-0.15, -0.1) is 12.3 Å². The number of hydrogen-bond acceptors (Lipinski definition) is 12. The molecule has 2 heterocycles. The van der Waals surface area contributed by atoms with Crippen LogP contribution in [0.4, 0.5) is 11.6 Å². The second kappa shape index (κ2) is 23.1. The van der Waals surface area contributed by atoms with Crippen LogP contribution in [0.25, 0.3) is 11.2 Å². The normalized spacial score (nSPS) is 12.3. The van der Waals surface area contributed by atoms with Gasteiger partial charge in [-0.3, -0.25) is 29.0 Å². The van der Waals surface area contributed by atoms with Crippen molar-refractivity contribution >= 4 is 81.0 Å². The summed E-state index contributed by atoms with van der Waals surface area (Å²) in [5.41, 5.74) is 7.39. The molecule has 2 aromatic heterocycles. The summed E-state index contributed by atoms with van der Waals surface area (Å²) in [5.74, 6) is -2.92. The van der Waals surface area contributed by atoms with Gasteiger partial charge in [0.15, 0.2) is 11.2 Å². The van der Waals surface area contributed by atoms with Crippen LogP contribution in [0.3, 0.4) is 0 Å². The number of benzene rings is 2. The number of nitrogens with one attached hydrogen (secondary N) is 6. The number of unbranched alkanes of at least 4 members (excludes halogenated alkanes) is 1. The average molecular weight is 937 g/mol. The first kappa shape index (κ1) is 46.1. The van der Waals surface area contributed by atoms with E-state index in [0.29, 0.717) is 43.6 Å². The number of aromatic nitrogens is 4. The number of terminal acetylenes is 1. The SMILES string of the molecule is C#CCC(NC(=O)CCC(NC(=O)c1ccc(NCc2cnc3nc(N)[nH]c(=O)c3n2)cc1)C(=O)O)C(=O)NC(CCCCNC(=O)CCCc1ccc(I)cc1)C(=O)O. The molecule has 0 aliphatic rings. The summed E-state index contributed by atoms with van der Waals surface area (Å²) in [6, 6.07) is 10.1. The molecule has 316 valence electrons. The summed E-state index contributed by atoms with van der Waals surface area (Å²) >= 11 is 2.23. The van der Waals surface area contributed by atoms with Gasteiger partial charge in [0.25, 0.3) is 11.5 Å². The summed E-state index contributed by atoms with van der Waals surface area (Å²) in [6.07, 6.45) is 8.53. The lowest BCUT2D eigenvalue weighted by atomic mass is 10.1. The van der Waals surface area contributed by atoms with Crippen LogP contribution >= 0.6 is 22.6 Å². The molecule has 3 unspecified atom stereocenters. The van der Waals surface area contributed by atoms with Gasteiger partial charge in [0, 0.05) is 40.6 Å². The third kappa shape index (κ3) is 14.9. The second-order valence-corrected chi connectivity index (χ2v) is 14.8. The van der Waals surface area contributed by atoms with Crippen molar-refractivity contribution in [1.82, 2.24) is 41.2 Å². The molecule has 0 saturated heterocycles. The Hall–Kier alpha value is -6.63. The van der Waals surface area contributed by atoms with Gasteiger partial charge >= 0.3 is 11.9 Å². The number of hydrogen-bond donors (Lipinski definition) is 9. The maximum atomic E-state index is 13.0. The number of H-pyrrole nitrogens is 1. The number of nitrogen functional groups attached to an aromatic ring is 1. The Morgan fingerprint density at radius 2 is 1.53 bits per heavy atom. The number of anilines is 2. The van der Waals surface area contributed by atoms with Crippen LogP contribution in [-0.2, 0) is 36.9 Å². The Labute approximate surface area is 357 Å². The van der Waals surface area contributed by atoms with E-state index in [2.05, 4.69) is 75.0 Å². The minimum Gasteiger partial charge on any atom is -0.480 e. The van der Waals surface area contributed by atoms with Gasteiger partial charge in [0.2, 0.25) is 23.7 Å². The minimum absolute atomic E-state index is 0.0194. The van der Waals surface area contributed by atoms with Gasteiger partial charge in [0.05, 0.1) is 18.4 Å². The Bertz CT molecular complexity index is 2260. The first-order valence-electron chi connectivity index (χ1n) is 18.9. The summed E-state index contributed by atoms with van der Waals surface area (Å²) in [4.78, 5) is 102. The van der Waals surface area contributed by atoms with Gasteiger partial charge in [0.1, 0.15) is 18.1 Å². The highest BCUT2D eigenvalue weighted by atomic mass is 127. The highest BCUT2D eigenvalue weighted by molar-refractivity contribution is 14.1. The molecular formula is C40H45IN10O9. The number of nitrogens with two attached hydrogens (primary N) is 1. The Kier molecular flexibility index (Phi) is 17.7. The van der Waals surface area contributed by atoms with Crippen molar-refractivity contribution < 1.29 is 39.0 Å². The molecule has 0 aliphatic carbocycles. The molecule has 0 bridgehead atoms. The first-order valence-corrected chi connectivity index (χ1v) is 20.0. The summed E-state index contributed by atoms with van der Waals surface area (Å²) in [5, 5.41) is 32.6. The molecular weight excluding hydrogens is 891 g/mol. The number of aryl methyl sites for hydroxylation is 1. The third-order valence-electron chi connectivity index (χ3n) is 8.98. The standard InChI is InChI=1S/C40H45IN10O9/c1-2-6-28(36(55)49-29(38(57)58)8-3-4-20-43-31(52)9-5-7-23-10-14-25(41)15-11-23)47-32(53)19-18-30(39(59)60)48-35(54)24-12-16-26(17-13-24)44-21-27-22-45-34-33(46-27)37(56)51-40(42)50-34/h1,10-17,22,28-30,44H,3-9,18-21H2,(H,43,52)(H,47,53)(H,48,54)(H,49,55)(H,57,58)(H,59,60)(H3,42,45,50,51,56). The third-order valence-corrected chi connectivity index (χ3v) is 9.70. The van der Waals surface area contributed by atoms with Crippen molar-refractivity contribution in [1.29, 1.82) is 0 Å². The highest BCUT2D eigenvalue weighted by Crippen LogP contribution is 2.13. The zero-order valence-electron chi connectivity index (χ0n) is 32.3. The monoisotopic (exact) mass is 936 g/mol. The molecule has 4 aromatic rings. The first-order chi connectivity index (χ1) is 28.7. The fraction of sp³-hybridized carbons (Fsp3) is 0.350. The molecule has 4 amide bonds. The Morgan fingerprint density at radius 3 is 2.22 bits per heavy atom. The lowest BCUT2D eigenvalue weighted by Crippen LogP contribution is -2.51. The number of amides is 4. The zero-order chi connectivity index (χ0) is 43.6. The van der Waals surface area contributed by atoms with Crippen molar-refractivity contribution in [2.24, 2.45) is 0 Å². The zero-order valence-corrected chi connectivity index (χ0v) is 34.5. The largest absolute Gasteiger partial charge is 0.480 e. The molecule has 0 spiro atoms. The highest BCUT2D eigenvalue weighted by Gasteiger charge is 2.27. The fourth-order valence-electron chi connectivity index (χ4n) is 5.78. The average Bonchev–Trinajstić information content (AvgIpc) is 3.21. The van der Waals surface area contributed by atoms with Crippen LogP contribution in [-0.4, -0.2) is 90.4 Å². The predicted molar refractivity (Wildman–Crippen MR) is 228 cm³/mol. The van der Waals surface area contributed by atoms with Crippen LogP contribution in [0.15, 0.2) is 59.5 Å². The van der Waals surface area contributed by atoms with E-state index >= 15 is 0 Å². The number of carboxylic acids is 2. The van der Waals surface area contributed by atoms with E-state index in [1.807, 2.05) is 24.3 Å². The molecule has 10 N–H and O–H groups in total. The topological polar surface area (TPSA) is 301 Å². The number of rotatable bonds is 23. The lowest BCUT2D eigenvalue weighted by Gasteiger charge is -2.21. The molecule has 3 atom stereocenters. The summed E-state index contributed by atoms with van der Waals surface area (Å²) in [7, 11) is 0. The van der Waals surface area contributed by atoms with Crippen molar-refractivity contribution in [2.75, 3.05) is 17.6 Å². The maximum Gasteiger partial charge on any atom is 0.326 e. The van der Waals surface area contributed by atoms with Crippen LogP contribution < -0.4 is 37.9 Å². The molecule has 20 heteroatoms. The number of carbonyl (C=O) groups excluding carboxylic acids is 4. The van der Waals surface area contributed by atoms with Crippen LogP contribution in [0.2, 0.25) is 0 Å². The van der Waals surface area contributed by atoms with E-state index in [1.165, 1.54) is 18.3 Å². The van der Waals surface area contributed by atoms with Crippen molar-refractivity contribution in [3.8, 4) is 12.3 Å². The van der Waals surface area contributed by atoms with Gasteiger partial charge in [-0.05, 0) is 103 Å². The van der Waals surface area contributed by atoms with E-state index in [9.17, 15) is 43.8 Å². The quantitative estimate of drug-likeness (QED) is 0.0292. The van der Waals surface area contributed by atoms with E-state index in [0.717, 1.165) is 15.6 Å². The number of aliphatic carboxylic acids is 2. The van der Waals surface area contributed by atoms with E-state index in [-0.39, 0.29) is 54.4 Å². The molecule has 0 saturated carbocycles. The van der Waals surface area contributed by atoms with Crippen LogP contribution in [0, 0.1) is 15.9 Å². The smallest absolute Gasteiger partial charge is 0.326 e. The molecule has 19 nitrogen and oxygen atoms in total. The lowest BCUT2D eigenvalue weighted by molar-refractivity contribution is -0.142. The van der Waals surface area contributed by atoms with Crippen LogP contribution in [0.1, 0.15) is 73.0 Å². The molecule has 0 radical (unpaired) electrons. The van der Waals surface area contributed by atoms with Gasteiger partial charge in [-0.1, -0.05) is 12.1 Å². The number of aromatic amines is 1. The van der Waals surface area contributed by atoms with Gasteiger partial charge in [-0.2, -0.15) is 4.98 Å². The maximum absolute atomic E-state index is 13.0. The molecule has 0 fully saturated rings. The van der Waals surface area contributed by atoms with Gasteiger partial charge in [-0.25, -0.2) is 19.6 Å². The molecule has 60 heavy (non-hydrogen) atoms. The summed E-state index contributed by atoms with van der Waals surface area (Å²) < 4.78 is 1.14. The minimum atomic E-state index is -1.47. The van der Waals surface area contributed by atoms with Crippen molar-refractivity contribution in [2.45, 2.75) is 82.5 Å². The fourth-order valence-corrected chi connectivity index (χ4v) is 6.14. The second-order valence-electron chi connectivity index (χ2n) is 13.6. The van der Waals surface area contributed by atoms with Crippen molar-refractivity contribution in [3.63, 3.8) is 0 Å². The molecule has 0 aliphatic heterocycles. The van der Waals surface area contributed by atoms with Crippen LogP contribution in [0.5, 0.6) is 0 Å². The van der Waals surface area contributed by atoms with Gasteiger partial charge < -0.3 is 42.5 Å². The predicted octanol–water partition coefficient (Wildman–Crippen LogP) is 1.86. The summed E-state index contributed by atoms with van der Waals surface area (Å²) in [6.45, 7) is 0.509. The van der Waals surface area contributed by atoms with Crippen molar-refractivity contribution in [3.05, 3.63) is 85.5 Å². The Balaban J connectivity index is 1.18. The molecule has 2 aromatic carbocycles. The van der Waals surface area contributed by atoms with E-state index in [4.69, 9.17) is 12.2 Å².